The lowest BCUT2D eigenvalue weighted by Crippen LogP contribution is -1.92. The Hall–Kier alpha value is -1.86. The minimum Gasteiger partial charge on any atom is -0.453 e. The van der Waals surface area contributed by atoms with Gasteiger partial charge in [0.15, 0.2) is 11.6 Å². The minimum absolute atomic E-state index is 0.0975. The summed E-state index contributed by atoms with van der Waals surface area (Å²) in [4.78, 5) is 0. The van der Waals surface area contributed by atoms with Gasteiger partial charge in [-0.25, -0.2) is 4.39 Å². The second kappa shape index (κ2) is 5.19. The number of hydrogen-bond acceptors (Lipinski definition) is 2. The van der Waals surface area contributed by atoms with Crippen LogP contribution in [0.4, 0.5) is 4.39 Å². The number of nitrogens with zero attached hydrogens (tertiary/aromatic N) is 1. The summed E-state index contributed by atoms with van der Waals surface area (Å²) in [6.07, 6.45) is 0. The quantitative estimate of drug-likeness (QED) is 0.815. The zero-order valence-electron chi connectivity index (χ0n) is 9.58. The lowest BCUT2D eigenvalue weighted by atomic mass is 10.1. The van der Waals surface area contributed by atoms with Crippen LogP contribution in [0.25, 0.3) is 0 Å². The molecule has 0 heterocycles. The largest absolute Gasteiger partial charge is 0.453 e. The van der Waals surface area contributed by atoms with Crippen LogP contribution in [-0.2, 0) is 0 Å². The maximum Gasteiger partial charge on any atom is 0.166 e. The zero-order chi connectivity index (χ0) is 13.1. The molecular formula is C14H9BrFNO. The van der Waals surface area contributed by atoms with Crippen molar-refractivity contribution in [3.8, 4) is 17.6 Å². The summed E-state index contributed by atoms with van der Waals surface area (Å²) >= 11 is 3.17. The predicted octanol–water partition coefficient (Wildman–Crippen LogP) is 4.56. The number of hydrogen-bond donors (Lipinski definition) is 0. The third-order valence-corrected chi connectivity index (χ3v) is 2.86. The molecule has 4 heteroatoms. The van der Waals surface area contributed by atoms with Crippen LogP contribution in [0.2, 0.25) is 0 Å². The maximum atomic E-state index is 13.6. The van der Waals surface area contributed by atoms with Crippen molar-refractivity contribution >= 4 is 15.9 Å². The van der Waals surface area contributed by atoms with Gasteiger partial charge in [-0.1, -0.05) is 22.0 Å². The summed E-state index contributed by atoms with van der Waals surface area (Å²) in [6, 6.07) is 11.7. The van der Waals surface area contributed by atoms with E-state index < -0.39 is 5.82 Å². The van der Waals surface area contributed by atoms with E-state index in [-0.39, 0.29) is 5.75 Å². The van der Waals surface area contributed by atoms with Crippen LogP contribution in [0.5, 0.6) is 11.5 Å². The maximum absolute atomic E-state index is 13.6. The topological polar surface area (TPSA) is 33.0 Å². The molecule has 2 nitrogen and oxygen atoms in total. The van der Waals surface area contributed by atoms with Crippen LogP contribution < -0.4 is 4.74 Å². The molecule has 2 aromatic rings. The van der Waals surface area contributed by atoms with Crippen LogP contribution in [0, 0.1) is 24.1 Å². The van der Waals surface area contributed by atoms with Gasteiger partial charge in [-0.15, -0.1) is 0 Å². The van der Waals surface area contributed by atoms with Gasteiger partial charge >= 0.3 is 0 Å². The first-order chi connectivity index (χ1) is 8.60. The number of ether oxygens (including phenoxy) is 1. The lowest BCUT2D eigenvalue weighted by Gasteiger charge is -2.09. The molecule has 0 N–H and O–H groups in total. The number of aryl methyl sites for hydroxylation is 1. The second-order valence-electron chi connectivity index (χ2n) is 3.79. The highest BCUT2D eigenvalue weighted by Crippen LogP contribution is 2.29. The monoisotopic (exact) mass is 305 g/mol. The Kier molecular flexibility index (Phi) is 3.63. The molecule has 0 unspecified atom stereocenters. The summed E-state index contributed by atoms with van der Waals surface area (Å²) in [6.45, 7) is 1.88. The molecule has 0 saturated carbocycles. The van der Waals surface area contributed by atoms with Crippen molar-refractivity contribution in [3.63, 3.8) is 0 Å². The van der Waals surface area contributed by atoms with E-state index in [2.05, 4.69) is 15.9 Å². The summed E-state index contributed by atoms with van der Waals surface area (Å²) in [5.41, 5.74) is 1.32. The molecule has 0 saturated heterocycles. The fourth-order valence-electron chi connectivity index (χ4n) is 1.48. The highest BCUT2D eigenvalue weighted by atomic mass is 79.9. The SMILES string of the molecule is Cc1ccc(C#N)c(Oc2ccc(Br)cc2F)c1. The van der Waals surface area contributed by atoms with E-state index >= 15 is 0 Å². The smallest absolute Gasteiger partial charge is 0.166 e. The van der Waals surface area contributed by atoms with Crippen molar-refractivity contribution in [2.24, 2.45) is 0 Å². The molecule has 0 radical (unpaired) electrons. The predicted molar refractivity (Wildman–Crippen MR) is 70.1 cm³/mol. The van der Waals surface area contributed by atoms with Gasteiger partial charge in [-0.05, 0) is 42.8 Å². The van der Waals surface area contributed by atoms with Crippen molar-refractivity contribution in [1.29, 1.82) is 5.26 Å². The Labute approximate surface area is 113 Å². The number of rotatable bonds is 2. The number of halogens is 2. The van der Waals surface area contributed by atoms with Gasteiger partial charge in [-0.3, -0.25) is 0 Å². The van der Waals surface area contributed by atoms with Crippen molar-refractivity contribution in [1.82, 2.24) is 0 Å². The summed E-state index contributed by atoms with van der Waals surface area (Å²) in [7, 11) is 0. The van der Waals surface area contributed by atoms with Crippen molar-refractivity contribution in [2.45, 2.75) is 6.92 Å². The van der Waals surface area contributed by atoms with E-state index in [1.807, 2.05) is 19.1 Å². The Bertz CT molecular complexity index is 634. The van der Waals surface area contributed by atoms with Gasteiger partial charge in [0.05, 0.1) is 5.56 Å². The molecule has 0 amide bonds. The third-order valence-electron chi connectivity index (χ3n) is 2.37. The molecule has 0 aromatic heterocycles. The summed E-state index contributed by atoms with van der Waals surface area (Å²) < 4.78 is 19.7. The van der Waals surface area contributed by atoms with Crippen LogP contribution >= 0.6 is 15.9 Å². The lowest BCUT2D eigenvalue weighted by molar-refractivity contribution is 0.440. The molecule has 0 bridgehead atoms. The first-order valence-corrected chi connectivity index (χ1v) is 6.03. The molecule has 2 rings (SSSR count). The average molecular weight is 306 g/mol. The first kappa shape index (κ1) is 12.6. The number of nitriles is 1. The van der Waals surface area contributed by atoms with Gasteiger partial charge in [0.1, 0.15) is 11.8 Å². The van der Waals surface area contributed by atoms with Crippen molar-refractivity contribution < 1.29 is 9.13 Å². The van der Waals surface area contributed by atoms with E-state index in [0.717, 1.165) is 5.56 Å². The van der Waals surface area contributed by atoms with Gasteiger partial charge in [-0.2, -0.15) is 5.26 Å². The molecule has 90 valence electrons. The second-order valence-corrected chi connectivity index (χ2v) is 4.70. The summed E-state index contributed by atoms with van der Waals surface area (Å²) in [5, 5.41) is 8.97. The molecule has 0 aliphatic carbocycles. The van der Waals surface area contributed by atoms with Gasteiger partial charge in [0.25, 0.3) is 0 Å². The molecule has 2 aromatic carbocycles. The molecule has 0 aliphatic heterocycles. The highest BCUT2D eigenvalue weighted by molar-refractivity contribution is 9.10. The molecular weight excluding hydrogens is 297 g/mol. The van der Waals surface area contributed by atoms with E-state index in [1.54, 1.807) is 18.2 Å². The van der Waals surface area contributed by atoms with E-state index in [1.165, 1.54) is 12.1 Å². The van der Waals surface area contributed by atoms with Gasteiger partial charge in [0, 0.05) is 4.47 Å². The third kappa shape index (κ3) is 2.69. The Morgan fingerprint density at radius 1 is 1.17 bits per heavy atom. The highest BCUT2D eigenvalue weighted by Gasteiger charge is 2.09. The van der Waals surface area contributed by atoms with Crippen LogP contribution in [0.3, 0.4) is 0 Å². The minimum atomic E-state index is -0.477. The standard InChI is InChI=1S/C14H9BrFNO/c1-9-2-3-10(8-17)14(6-9)18-13-5-4-11(15)7-12(13)16/h2-7H,1H3. The first-order valence-electron chi connectivity index (χ1n) is 5.24. The molecule has 0 atom stereocenters. The Morgan fingerprint density at radius 3 is 2.61 bits per heavy atom. The van der Waals surface area contributed by atoms with E-state index in [9.17, 15) is 4.39 Å². The van der Waals surface area contributed by atoms with Crippen molar-refractivity contribution in [3.05, 3.63) is 57.8 Å². The fraction of sp³-hybridized carbons (Fsp3) is 0.0714. The van der Waals surface area contributed by atoms with E-state index in [4.69, 9.17) is 10.00 Å². The fourth-order valence-corrected chi connectivity index (χ4v) is 1.82. The van der Waals surface area contributed by atoms with Gasteiger partial charge < -0.3 is 4.74 Å². The zero-order valence-corrected chi connectivity index (χ0v) is 11.2. The van der Waals surface area contributed by atoms with Crippen LogP contribution in [0.15, 0.2) is 40.9 Å². The normalized spacial score (nSPS) is 9.89. The van der Waals surface area contributed by atoms with Gasteiger partial charge in [0.2, 0.25) is 0 Å². The Balaban J connectivity index is 2.40. The summed E-state index contributed by atoms with van der Waals surface area (Å²) in [5.74, 6) is -0.0196. The van der Waals surface area contributed by atoms with Crippen LogP contribution in [-0.4, -0.2) is 0 Å². The average Bonchev–Trinajstić information content (AvgIpc) is 2.33. The van der Waals surface area contributed by atoms with Crippen LogP contribution in [0.1, 0.15) is 11.1 Å². The molecule has 0 aliphatic rings. The van der Waals surface area contributed by atoms with Crippen molar-refractivity contribution in [2.75, 3.05) is 0 Å². The molecule has 0 spiro atoms. The number of benzene rings is 2. The molecule has 0 fully saturated rings. The molecule has 18 heavy (non-hydrogen) atoms. The van der Waals surface area contributed by atoms with E-state index in [0.29, 0.717) is 15.8 Å². The Morgan fingerprint density at radius 2 is 1.94 bits per heavy atom.